The monoisotopic (exact) mass is 1230 g/mol. The van der Waals surface area contributed by atoms with Crippen molar-refractivity contribution >= 4 is 88.6 Å². The van der Waals surface area contributed by atoms with E-state index >= 15 is 0 Å². The second-order valence-electron chi connectivity index (χ2n) is 27.5. The molecule has 11 aromatic carbocycles. The number of hydrogen-bond donors (Lipinski definition) is 0. The van der Waals surface area contributed by atoms with Crippen LogP contribution in [0.2, 0.25) is 0 Å². The minimum atomic E-state index is -0.560. The highest BCUT2D eigenvalue weighted by Crippen LogP contribution is 2.55. The molecule has 0 fully saturated rings. The summed E-state index contributed by atoms with van der Waals surface area (Å²) in [6.07, 6.45) is 15.2. The van der Waals surface area contributed by atoms with Gasteiger partial charge in [0, 0.05) is 118 Å². The molecular weight excluding hydrogens is 1160 g/mol. The Labute approximate surface area is 548 Å². The van der Waals surface area contributed by atoms with E-state index in [4.69, 9.17) is 0 Å². The van der Waals surface area contributed by atoms with Gasteiger partial charge in [-0.25, -0.2) is 0 Å². The van der Waals surface area contributed by atoms with Gasteiger partial charge in [-0.05, 0) is 168 Å². The molecule has 10 heteroatoms. The molecule has 0 N–H and O–H groups in total. The van der Waals surface area contributed by atoms with Crippen molar-refractivity contribution < 1.29 is 19.0 Å². The van der Waals surface area contributed by atoms with Crippen molar-refractivity contribution in [3.05, 3.63) is 331 Å². The molecule has 462 valence electrons. The third-order valence-electron chi connectivity index (χ3n) is 21.1. The van der Waals surface area contributed by atoms with Crippen molar-refractivity contribution in [3.63, 3.8) is 0 Å². The standard InChI is InChI=1S/C84H74N6O4/c1-81(2)73(29-19-31-75-83(5,51-55-21-11-9-12-22-55)79-65-27-17-15-25-59(65)39-45-69(79)85(75)7)87(71-47-41-61-37-43-63(89(91)92)49-67(61)77(71)81)53-57-33-35-58(36-34-57)54-88-72-48-42-62-38-44-64(90(93)94)50-68(62)78(72)82(3,4)74(88)30-20-32-76-84(6,52-56-23-13-10-14-24-56)80-66-28-18-16-26-60(66)40-46-70(80)86(76)8/h9-50H,51-54H2,1-8H3/q+2. The molecule has 0 aromatic heterocycles. The lowest BCUT2D eigenvalue weighted by atomic mass is 9.74. The summed E-state index contributed by atoms with van der Waals surface area (Å²) in [4.78, 5) is 28.9. The normalized spacial score (nSPS) is 19.5. The average Bonchev–Trinajstić information content (AvgIpc) is 1.58. The molecule has 0 radical (unpaired) electrons. The zero-order chi connectivity index (χ0) is 65.0. The van der Waals surface area contributed by atoms with Crippen molar-refractivity contribution in [1.29, 1.82) is 0 Å². The highest BCUT2D eigenvalue weighted by Gasteiger charge is 2.49. The molecule has 2 unspecified atom stereocenters. The molecule has 11 aromatic rings. The lowest BCUT2D eigenvalue weighted by Crippen LogP contribution is -2.29. The van der Waals surface area contributed by atoms with Crippen molar-refractivity contribution in [1.82, 2.24) is 0 Å². The molecule has 94 heavy (non-hydrogen) atoms. The van der Waals surface area contributed by atoms with Crippen LogP contribution in [0.15, 0.2) is 266 Å². The summed E-state index contributed by atoms with van der Waals surface area (Å²) in [5.41, 5.74) is 16.8. The van der Waals surface area contributed by atoms with E-state index in [0.717, 1.165) is 79.4 Å². The highest BCUT2D eigenvalue weighted by molar-refractivity contribution is 6.09. The Morgan fingerprint density at radius 3 is 1.14 bits per heavy atom. The van der Waals surface area contributed by atoms with E-state index in [0.29, 0.717) is 13.1 Å². The van der Waals surface area contributed by atoms with Crippen LogP contribution in [0.3, 0.4) is 0 Å². The number of nitro benzene ring substituents is 2. The molecule has 0 saturated carbocycles. The molecule has 10 nitrogen and oxygen atoms in total. The van der Waals surface area contributed by atoms with Crippen LogP contribution in [0.4, 0.5) is 34.1 Å². The number of hydrogen-bond acceptors (Lipinski definition) is 6. The van der Waals surface area contributed by atoms with Gasteiger partial charge in [0.05, 0.1) is 20.7 Å². The number of non-ortho nitro benzene ring substituents is 2. The Morgan fingerprint density at radius 2 is 0.745 bits per heavy atom. The van der Waals surface area contributed by atoms with Crippen LogP contribution in [0.25, 0.3) is 43.1 Å². The minimum absolute atomic E-state index is 0.0658. The van der Waals surface area contributed by atoms with Crippen LogP contribution in [-0.2, 0) is 47.6 Å². The molecule has 0 saturated heterocycles. The zero-order valence-electron chi connectivity index (χ0n) is 54.4. The topological polar surface area (TPSA) is 98.8 Å². The predicted octanol–water partition coefficient (Wildman–Crippen LogP) is 19.4. The fourth-order valence-corrected chi connectivity index (χ4v) is 16.7. The van der Waals surface area contributed by atoms with Crippen LogP contribution in [0.5, 0.6) is 0 Å². The third-order valence-corrected chi connectivity index (χ3v) is 21.1. The Morgan fingerprint density at radius 1 is 0.394 bits per heavy atom. The fraction of sp³-hybridized carbons (Fsp3) is 0.190. The number of fused-ring (bicyclic) bond motifs is 12. The fourth-order valence-electron chi connectivity index (χ4n) is 16.7. The third kappa shape index (κ3) is 9.59. The van der Waals surface area contributed by atoms with E-state index in [1.54, 1.807) is 24.3 Å². The van der Waals surface area contributed by atoms with Crippen molar-refractivity contribution in [2.24, 2.45) is 0 Å². The van der Waals surface area contributed by atoms with Crippen molar-refractivity contribution in [2.45, 2.75) is 89.1 Å². The number of rotatable bonds is 14. The summed E-state index contributed by atoms with van der Waals surface area (Å²) in [6, 6.07) is 75.9. The van der Waals surface area contributed by atoms with Gasteiger partial charge in [-0.2, -0.15) is 9.15 Å². The summed E-state index contributed by atoms with van der Waals surface area (Å²) in [6.45, 7) is 14.9. The lowest BCUT2D eigenvalue weighted by Gasteiger charge is -2.29. The molecule has 4 aliphatic heterocycles. The van der Waals surface area contributed by atoms with Gasteiger partial charge in [0.2, 0.25) is 11.4 Å². The molecule has 2 atom stereocenters. The highest BCUT2D eigenvalue weighted by atomic mass is 16.6. The summed E-state index contributed by atoms with van der Waals surface area (Å²) in [5, 5.41) is 33.4. The predicted molar refractivity (Wildman–Crippen MR) is 385 cm³/mol. The summed E-state index contributed by atoms with van der Waals surface area (Å²) in [7, 11) is 4.37. The van der Waals surface area contributed by atoms with E-state index in [9.17, 15) is 20.2 Å². The first-order valence-electron chi connectivity index (χ1n) is 32.5. The number of likely N-dealkylation sites (N-methyl/N-ethyl adjacent to an activating group) is 2. The maximum Gasteiger partial charge on any atom is 0.270 e. The molecular formula is C84H74N6O4+2. The number of benzene rings is 11. The van der Waals surface area contributed by atoms with Gasteiger partial charge in [0.15, 0.2) is 24.5 Å². The number of anilines is 2. The minimum Gasteiger partial charge on any atom is -0.347 e. The van der Waals surface area contributed by atoms with Gasteiger partial charge in [0.1, 0.15) is 0 Å². The largest absolute Gasteiger partial charge is 0.347 e. The summed E-state index contributed by atoms with van der Waals surface area (Å²) >= 11 is 0. The van der Waals surface area contributed by atoms with Crippen LogP contribution in [0, 0.1) is 20.2 Å². The summed E-state index contributed by atoms with van der Waals surface area (Å²) in [5.74, 6) is 0. The molecule has 15 rings (SSSR count). The molecule has 0 amide bonds. The molecule has 0 aliphatic carbocycles. The maximum absolute atomic E-state index is 12.4. The van der Waals surface area contributed by atoms with Crippen LogP contribution >= 0.6 is 0 Å². The van der Waals surface area contributed by atoms with Crippen LogP contribution in [0.1, 0.15) is 86.1 Å². The Hall–Kier alpha value is -10.8. The number of allylic oxidation sites excluding steroid dienone is 8. The van der Waals surface area contributed by atoms with E-state index in [-0.39, 0.29) is 32.1 Å². The van der Waals surface area contributed by atoms with E-state index < -0.39 is 10.8 Å². The first kappa shape index (κ1) is 59.5. The van der Waals surface area contributed by atoms with Gasteiger partial charge in [-0.15, -0.1) is 0 Å². The Bertz CT molecular complexity index is 4880. The van der Waals surface area contributed by atoms with Crippen molar-refractivity contribution in [3.8, 4) is 0 Å². The molecule has 4 aliphatic rings. The first-order valence-corrected chi connectivity index (χ1v) is 32.5. The first-order chi connectivity index (χ1) is 45.3. The second kappa shape index (κ2) is 22.5. The Kier molecular flexibility index (Phi) is 14.2. The Balaban J connectivity index is 0.822. The van der Waals surface area contributed by atoms with E-state index in [2.05, 4.69) is 293 Å². The van der Waals surface area contributed by atoms with E-state index in [1.807, 2.05) is 12.1 Å². The summed E-state index contributed by atoms with van der Waals surface area (Å²) < 4.78 is 4.81. The van der Waals surface area contributed by atoms with Gasteiger partial charge in [-0.3, -0.25) is 20.2 Å². The second-order valence-corrected chi connectivity index (χ2v) is 27.5. The molecule has 0 bridgehead atoms. The quantitative estimate of drug-likeness (QED) is 0.0611. The van der Waals surface area contributed by atoms with Gasteiger partial charge >= 0.3 is 0 Å². The molecule has 4 heterocycles. The zero-order valence-corrected chi connectivity index (χ0v) is 54.4. The number of nitrogens with zero attached hydrogens (tertiary/aromatic N) is 6. The SMILES string of the molecule is CN1/C(=C/C=C/C2=[N+](Cc3ccc(C[N+]4=C(/C=C/C=C5/N(C)c6ccc7ccccc7c6C5(C)Cc5ccccc5)C(C)(C)c5c4ccc4ccc([N+](=O)[O-])cc54)cc3)c3ccc4ccc([N+](=O)[O-])cc4c3C2(C)C)C(C)(Cc2ccccc2)c2c1ccc1ccccc21. The molecule has 0 spiro atoms. The number of nitro groups is 2. The van der Waals surface area contributed by atoms with Crippen molar-refractivity contribution in [2.75, 3.05) is 23.9 Å². The van der Waals surface area contributed by atoms with E-state index in [1.165, 1.54) is 66.6 Å². The maximum atomic E-state index is 12.4. The van der Waals surface area contributed by atoms with Crippen LogP contribution in [-0.4, -0.2) is 44.5 Å². The van der Waals surface area contributed by atoms with Gasteiger partial charge in [0.25, 0.3) is 11.4 Å². The van der Waals surface area contributed by atoms with Crippen LogP contribution < -0.4 is 9.80 Å². The van der Waals surface area contributed by atoms with Gasteiger partial charge < -0.3 is 9.80 Å². The lowest BCUT2D eigenvalue weighted by molar-refractivity contribution is -0.455. The van der Waals surface area contributed by atoms with Gasteiger partial charge in [-0.1, -0.05) is 158 Å². The smallest absolute Gasteiger partial charge is 0.270 e. The average molecular weight is 1230 g/mol.